The van der Waals surface area contributed by atoms with Crippen LogP contribution in [0, 0.1) is 5.41 Å². The highest BCUT2D eigenvalue weighted by atomic mass is 35.5. The van der Waals surface area contributed by atoms with Crippen LogP contribution in [0.1, 0.15) is 31.9 Å². The van der Waals surface area contributed by atoms with Crippen LogP contribution in [0.2, 0.25) is 5.02 Å². The van der Waals surface area contributed by atoms with Crippen LogP contribution in [0.5, 0.6) is 0 Å². The number of piperidine rings is 1. The van der Waals surface area contributed by atoms with Gasteiger partial charge in [-0.3, -0.25) is 5.10 Å². The first-order chi connectivity index (χ1) is 14.1. The van der Waals surface area contributed by atoms with Crippen molar-refractivity contribution in [1.29, 1.82) is 0 Å². The van der Waals surface area contributed by atoms with Crippen LogP contribution < -0.4 is 4.90 Å². The summed E-state index contributed by atoms with van der Waals surface area (Å²) in [5.41, 5.74) is 3.18. The van der Waals surface area contributed by atoms with Gasteiger partial charge in [0.25, 0.3) is 0 Å². The molecule has 1 atom stereocenters. The monoisotopic (exact) mass is 413 g/mol. The highest BCUT2D eigenvalue weighted by molar-refractivity contribution is 6.34. The normalized spacial score (nSPS) is 21.3. The van der Waals surface area contributed by atoms with Crippen LogP contribution in [-0.4, -0.2) is 51.1 Å². The Morgan fingerprint density at radius 3 is 2.86 bits per heavy atom. The third kappa shape index (κ3) is 3.37. The Balaban J connectivity index is 1.42. The molecular formula is C21H24ClN5O2. The highest BCUT2D eigenvalue weighted by Crippen LogP contribution is 2.42. The highest BCUT2D eigenvalue weighted by Gasteiger charge is 2.41. The lowest BCUT2D eigenvalue weighted by atomic mass is 9.77. The number of aromatic nitrogens is 4. The van der Waals surface area contributed by atoms with Gasteiger partial charge in [0.1, 0.15) is 5.69 Å². The first-order valence-corrected chi connectivity index (χ1v) is 10.4. The van der Waals surface area contributed by atoms with Gasteiger partial charge in [-0.1, -0.05) is 11.6 Å². The van der Waals surface area contributed by atoms with Crippen molar-refractivity contribution in [2.24, 2.45) is 5.41 Å². The minimum Gasteiger partial charge on any atom is -0.390 e. The third-order valence-electron chi connectivity index (χ3n) is 6.29. The second-order valence-corrected chi connectivity index (χ2v) is 8.69. The van der Waals surface area contributed by atoms with Gasteiger partial charge in [0, 0.05) is 24.0 Å². The van der Waals surface area contributed by atoms with E-state index >= 15 is 0 Å². The summed E-state index contributed by atoms with van der Waals surface area (Å²) in [5.74, 6) is 0.761. The topological polar surface area (TPSA) is 87.2 Å². The van der Waals surface area contributed by atoms with Crippen LogP contribution in [0.15, 0.2) is 24.5 Å². The van der Waals surface area contributed by atoms with Gasteiger partial charge in [0.15, 0.2) is 5.82 Å². The summed E-state index contributed by atoms with van der Waals surface area (Å²) in [5, 5.41) is 18.5. The second kappa shape index (κ2) is 7.23. The average molecular weight is 414 g/mol. The SMILES string of the molecule is C[C@H]1CC2(CCN(c3ncc(-c4cc5[nH]ncc5cc4Cl)nc3CO)CC2)CO1. The molecule has 0 amide bonds. The molecule has 2 N–H and O–H groups in total. The number of anilines is 1. The number of rotatable bonds is 3. The molecular weight excluding hydrogens is 390 g/mol. The first kappa shape index (κ1) is 18.8. The van der Waals surface area contributed by atoms with Crippen molar-refractivity contribution in [3.63, 3.8) is 0 Å². The van der Waals surface area contributed by atoms with Crippen LogP contribution in [0.25, 0.3) is 22.2 Å². The van der Waals surface area contributed by atoms with E-state index in [4.69, 9.17) is 21.3 Å². The average Bonchev–Trinajstić information content (AvgIpc) is 3.33. The molecule has 29 heavy (non-hydrogen) atoms. The minimum atomic E-state index is -0.165. The van der Waals surface area contributed by atoms with Gasteiger partial charge in [-0.05, 0) is 43.7 Å². The van der Waals surface area contributed by atoms with E-state index in [9.17, 15) is 5.11 Å². The Morgan fingerprint density at radius 1 is 1.31 bits per heavy atom. The van der Waals surface area contributed by atoms with Gasteiger partial charge in [0.2, 0.25) is 0 Å². The number of halogens is 1. The Bertz CT molecular complexity index is 1040. The number of benzene rings is 1. The molecule has 7 nitrogen and oxygen atoms in total. The molecule has 1 aromatic carbocycles. The Labute approximate surface area is 174 Å². The standard InChI is InChI=1S/C21H24ClN5O2/c1-13-8-21(12-29-13)2-4-27(5-3-21)20-19(11-28)25-18(10-23-20)15-7-17-14(6-16(15)22)9-24-26-17/h6-7,9-10,13,28H,2-5,8,11-12H2,1H3,(H,24,26)/t13-/m0/s1. The Kier molecular flexibility index (Phi) is 4.69. The molecule has 1 spiro atoms. The van der Waals surface area contributed by atoms with E-state index in [1.807, 2.05) is 12.1 Å². The summed E-state index contributed by atoms with van der Waals surface area (Å²) in [6.45, 7) is 4.65. The van der Waals surface area contributed by atoms with Crippen molar-refractivity contribution >= 4 is 28.3 Å². The van der Waals surface area contributed by atoms with Gasteiger partial charge >= 0.3 is 0 Å². The quantitative estimate of drug-likeness (QED) is 0.682. The number of aromatic amines is 1. The van der Waals surface area contributed by atoms with Gasteiger partial charge in [0.05, 0.1) is 47.9 Å². The molecule has 0 saturated carbocycles. The first-order valence-electron chi connectivity index (χ1n) is 10.0. The maximum atomic E-state index is 9.97. The molecule has 2 saturated heterocycles. The number of nitrogens with zero attached hydrogens (tertiary/aromatic N) is 4. The Morgan fingerprint density at radius 2 is 2.14 bits per heavy atom. The molecule has 2 aliphatic rings. The van der Waals surface area contributed by atoms with Crippen molar-refractivity contribution in [3.05, 3.63) is 35.2 Å². The zero-order valence-corrected chi connectivity index (χ0v) is 17.1. The summed E-state index contributed by atoms with van der Waals surface area (Å²) >= 11 is 6.47. The molecule has 0 unspecified atom stereocenters. The molecule has 2 fully saturated rings. The van der Waals surface area contributed by atoms with E-state index in [0.717, 1.165) is 61.2 Å². The van der Waals surface area contributed by atoms with E-state index in [-0.39, 0.29) is 6.61 Å². The molecule has 0 radical (unpaired) electrons. The molecule has 0 aliphatic carbocycles. The lowest BCUT2D eigenvalue weighted by molar-refractivity contribution is 0.0975. The summed E-state index contributed by atoms with van der Waals surface area (Å²) in [6.07, 6.45) is 7.11. The number of hydrogen-bond acceptors (Lipinski definition) is 6. The van der Waals surface area contributed by atoms with Crippen molar-refractivity contribution in [1.82, 2.24) is 20.2 Å². The van der Waals surface area contributed by atoms with E-state index in [0.29, 0.717) is 27.9 Å². The predicted octanol–water partition coefficient (Wildman–Crippen LogP) is 3.56. The number of ether oxygens (including phenoxy) is 1. The van der Waals surface area contributed by atoms with Crippen LogP contribution >= 0.6 is 11.6 Å². The fourth-order valence-corrected chi connectivity index (χ4v) is 4.94. The number of aliphatic hydroxyl groups excluding tert-OH is 1. The predicted molar refractivity (Wildman–Crippen MR) is 112 cm³/mol. The fourth-order valence-electron chi connectivity index (χ4n) is 4.67. The molecule has 3 aromatic rings. The van der Waals surface area contributed by atoms with Crippen LogP contribution in [0.4, 0.5) is 5.82 Å². The number of aliphatic hydroxyl groups is 1. The van der Waals surface area contributed by atoms with Gasteiger partial charge in [-0.2, -0.15) is 5.10 Å². The van der Waals surface area contributed by atoms with Crippen molar-refractivity contribution in [2.75, 3.05) is 24.6 Å². The lowest BCUT2D eigenvalue weighted by Gasteiger charge is -2.39. The summed E-state index contributed by atoms with van der Waals surface area (Å²) in [7, 11) is 0. The minimum absolute atomic E-state index is 0.165. The van der Waals surface area contributed by atoms with Gasteiger partial charge in [-0.15, -0.1) is 0 Å². The van der Waals surface area contributed by atoms with Gasteiger partial charge < -0.3 is 14.7 Å². The summed E-state index contributed by atoms with van der Waals surface area (Å²) in [4.78, 5) is 11.6. The molecule has 8 heteroatoms. The van der Waals surface area contributed by atoms with Crippen molar-refractivity contribution in [2.45, 2.75) is 38.9 Å². The third-order valence-corrected chi connectivity index (χ3v) is 6.61. The smallest absolute Gasteiger partial charge is 0.152 e. The molecule has 152 valence electrons. The van der Waals surface area contributed by atoms with Crippen molar-refractivity contribution < 1.29 is 9.84 Å². The summed E-state index contributed by atoms with van der Waals surface area (Å²) < 4.78 is 5.83. The van der Waals surface area contributed by atoms with E-state index < -0.39 is 0 Å². The van der Waals surface area contributed by atoms with E-state index in [2.05, 4.69) is 27.0 Å². The molecule has 5 rings (SSSR count). The molecule has 0 bridgehead atoms. The number of H-pyrrole nitrogens is 1. The lowest BCUT2D eigenvalue weighted by Crippen LogP contribution is -2.41. The van der Waals surface area contributed by atoms with E-state index in [1.165, 1.54) is 0 Å². The van der Waals surface area contributed by atoms with Gasteiger partial charge in [-0.25, -0.2) is 9.97 Å². The largest absolute Gasteiger partial charge is 0.390 e. The molecule has 2 aromatic heterocycles. The molecule has 4 heterocycles. The molecule has 2 aliphatic heterocycles. The Hall–Kier alpha value is -2.22. The number of hydrogen-bond donors (Lipinski definition) is 2. The maximum Gasteiger partial charge on any atom is 0.152 e. The number of fused-ring (bicyclic) bond motifs is 1. The van der Waals surface area contributed by atoms with Crippen molar-refractivity contribution in [3.8, 4) is 11.3 Å². The van der Waals surface area contributed by atoms with E-state index in [1.54, 1.807) is 12.4 Å². The second-order valence-electron chi connectivity index (χ2n) is 8.29. The summed E-state index contributed by atoms with van der Waals surface area (Å²) in [6, 6.07) is 3.78. The zero-order valence-electron chi connectivity index (χ0n) is 16.4. The zero-order chi connectivity index (χ0) is 20.0. The van der Waals surface area contributed by atoms with Crippen LogP contribution in [0.3, 0.4) is 0 Å². The fraction of sp³-hybridized carbons (Fsp3) is 0.476. The number of nitrogens with one attached hydrogen (secondary N) is 1. The van der Waals surface area contributed by atoms with Crippen LogP contribution in [-0.2, 0) is 11.3 Å². The maximum absolute atomic E-state index is 9.97.